The number of hydrogen-bond acceptors (Lipinski definition) is 7. The van der Waals surface area contributed by atoms with Gasteiger partial charge in [0.25, 0.3) is 11.8 Å². The molecule has 0 atom stereocenters. The molecule has 0 spiro atoms. The SMILES string of the molecule is CNC(=O)OCCCOc1ccc(N2CCc3c(C(N)=O)nn(-c4ccc(OC)cc4)c3C2=O)cc1. The third-order valence-electron chi connectivity index (χ3n) is 5.71. The van der Waals surface area contributed by atoms with Crippen LogP contribution in [0.15, 0.2) is 48.5 Å². The Morgan fingerprint density at radius 2 is 1.69 bits per heavy atom. The average molecular weight is 494 g/mol. The third-order valence-corrected chi connectivity index (χ3v) is 5.71. The first-order chi connectivity index (χ1) is 17.4. The summed E-state index contributed by atoms with van der Waals surface area (Å²) in [6.45, 7) is 0.994. The van der Waals surface area contributed by atoms with Gasteiger partial charge in [0, 0.05) is 31.3 Å². The van der Waals surface area contributed by atoms with Gasteiger partial charge in [0.2, 0.25) is 0 Å². The second-order valence-electron chi connectivity index (χ2n) is 7.94. The quantitative estimate of drug-likeness (QED) is 0.436. The summed E-state index contributed by atoms with van der Waals surface area (Å²) < 4.78 is 17.3. The van der Waals surface area contributed by atoms with Gasteiger partial charge in [0.1, 0.15) is 17.2 Å². The molecule has 1 aliphatic rings. The zero-order valence-corrected chi connectivity index (χ0v) is 20.0. The third kappa shape index (κ3) is 5.09. The lowest BCUT2D eigenvalue weighted by molar-refractivity contribution is 0.0972. The number of nitrogens with zero attached hydrogens (tertiary/aromatic N) is 3. The molecule has 0 unspecified atom stereocenters. The van der Waals surface area contributed by atoms with Gasteiger partial charge in [-0.25, -0.2) is 9.48 Å². The van der Waals surface area contributed by atoms with E-state index in [9.17, 15) is 14.4 Å². The van der Waals surface area contributed by atoms with Gasteiger partial charge >= 0.3 is 6.09 Å². The van der Waals surface area contributed by atoms with Crippen LogP contribution < -0.4 is 25.4 Å². The highest BCUT2D eigenvalue weighted by atomic mass is 16.5. The van der Waals surface area contributed by atoms with Gasteiger partial charge < -0.3 is 30.2 Å². The van der Waals surface area contributed by atoms with Gasteiger partial charge in [-0.15, -0.1) is 0 Å². The molecule has 1 aliphatic heterocycles. The number of primary amides is 1. The highest BCUT2D eigenvalue weighted by molar-refractivity contribution is 6.09. The minimum absolute atomic E-state index is 0.0953. The van der Waals surface area contributed by atoms with E-state index in [4.69, 9.17) is 19.9 Å². The maximum Gasteiger partial charge on any atom is 0.406 e. The Balaban J connectivity index is 1.51. The van der Waals surface area contributed by atoms with Crippen molar-refractivity contribution in [2.45, 2.75) is 12.8 Å². The Kier molecular flexibility index (Phi) is 7.38. The second-order valence-corrected chi connectivity index (χ2v) is 7.94. The van der Waals surface area contributed by atoms with Crippen LogP contribution in [0.25, 0.3) is 5.69 Å². The lowest BCUT2D eigenvalue weighted by atomic mass is 10.0. The lowest BCUT2D eigenvalue weighted by Crippen LogP contribution is -2.39. The van der Waals surface area contributed by atoms with Crippen molar-refractivity contribution in [3.8, 4) is 17.2 Å². The maximum absolute atomic E-state index is 13.6. The van der Waals surface area contributed by atoms with E-state index in [1.165, 1.54) is 11.7 Å². The minimum Gasteiger partial charge on any atom is -0.497 e. The summed E-state index contributed by atoms with van der Waals surface area (Å²) in [5.74, 6) is 0.321. The van der Waals surface area contributed by atoms with Gasteiger partial charge in [-0.05, 0) is 55.0 Å². The average Bonchev–Trinajstić information content (AvgIpc) is 3.30. The molecule has 3 amide bonds. The van der Waals surface area contributed by atoms with Crippen LogP contribution in [0.4, 0.5) is 10.5 Å². The Labute approximate surface area is 207 Å². The first kappa shape index (κ1) is 24.6. The monoisotopic (exact) mass is 493 g/mol. The molecule has 188 valence electrons. The maximum atomic E-state index is 13.6. The number of alkyl carbamates (subject to hydrolysis) is 1. The molecule has 0 saturated heterocycles. The Morgan fingerprint density at radius 3 is 2.33 bits per heavy atom. The Morgan fingerprint density at radius 1 is 1.03 bits per heavy atom. The number of aromatic nitrogens is 2. The van der Waals surface area contributed by atoms with E-state index in [1.54, 1.807) is 60.5 Å². The molecular weight excluding hydrogens is 466 g/mol. The normalized spacial score (nSPS) is 12.6. The number of rotatable bonds is 9. The molecule has 3 N–H and O–H groups in total. The van der Waals surface area contributed by atoms with Crippen molar-refractivity contribution in [2.75, 3.05) is 38.8 Å². The molecule has 36 heavy (non-hydrogen) atoms. The number of methoxy groups -OCH3 is 1. The molecular formula is C25H27N5O6. The zero-order valence-electron chi connectivity index (χ0n) is 20.0. The second kappa shape index (κ2) is 10.8. The number of nitrogens with one attached hydrogen (secondary N) is 1. The van der Waals surface area contributed by atoms with Gasteiger partial charge in [0.05, 0.1) is 26.0 Å². The molecule has 2 aromatic carbocycles. The lowest BCUT2D eigenvalue weighted by Gasteiger charge is -2.28. The molecule has 1 aromatic heterocycles. The van der Waals surface area contributed by atoms with Crippen molar-refractivity contribution >= 4 is 23.6 Å². The summed E-state index contributed by atoms with van der Waals surface area (Å²) in [5.41, 5.74) is 7.79. The van der Waals surface area contributed by atoms with Crippen molar-refractivity contribution < 1.29 is 28.6 Å². The van der Waals surface area contributed by atoms with Crippen LogP contribution in [0, 0.1) is 0 Å². The van der Waals surface area contributed by atoms with Crippen LogP contribution in [0.5, 0.6) is 11.5 Å². The Bertz CT molecular complexity index is 1250. The zero-order chi connectivity index (χ0) is 25.7. The van der Waals surface area contributed by atoms with E-state index in [2.05, 4.69) is 10.4 Å². The van der Waals surface area contributed by atoms with E-state index in [0.29, 0.717) is 60.1 Å². The summed E-state index contributed by atoms with van der Waals surface area (Å²) >= 11 is 0. The first-order valence-corrected chi connectivity index (χ1v) is 11.4. The molecule has 0 radical (unpaired) electrons. The van der Waals surface area contributed by atoms with E-state index < -0.39 is 12.0 Å². The van der Waals surface area contributed by atoms with Crippen molar-refractivity contribution in [2.24, 2.45) is 5.73 Å². The van der Waals surface area contributed by atoms with Crippen LogP contribution in [0.3, 0.4) is 0 Å². The topological polar surface area (TPSA) is 138 Å². The van der Waals surface area contributed by atoms with Crippen LogP contribution in [0.2, 0.25) is 0 Å². The van der Waals surface area contributed by atoms with Crippen LogP contribution in [-0.2, 0) is 11.2 Å². The minimum atomic E-state index is -0.679. The van der Waals surface area contributed by atoms with E-state index in [0.717, 1.165) is 0 Å². The van der Waals surface area contributed by atoms with Crippen molar-refractivity contribution in [3.63, 3.8) is 0 Å². The summed E-state index contributed by atoms with van der Waals surface area (Å²) in [6, 6.07) is 14.2. The molecule has 2 heterocycles. The summed E-state index contributed by atoms with van der Waals surface area (Å²) in [6.07, 6.45) is 0.490. The van der Waals surface area contributed by atoms with E-state index in [-0.39, 0.29) is 18.2 Å². The van der Waals surface area contributed by atoms with Gasteiger partial charge in [-0.3, -0.25) is 9.59 Å². The predicted molar refractivity (Wildman–Crippen MR) is 131 cm³/mol. The Hall–Kier alpha value is -4.54. The van der Waals surface area contributed by atoms with Crippen molar-refractivity contribution in [1.29, 1.82) is 0 Å². The molecule has 0 saturated carbocycles. The van der Waals surface area contributed by atoms with E-state index in [1.807, 2.05) is 0 Å². The number of benzene rings is 2. The molecule has 11 nitrogen and oxygen atoms in total. The fraction of sp³-hybridized carbons (Fsp3) is 0.280. The number of carbonyl (C=O) groups is 3. The molecule has 3 aromatic rings. The molecule has 4 rings (SSSR count). The number of amides is 3. The molecule has 0 aliphatic carbocycles. The van der Waals surface area contributed by atoms with Gasteiger partial charge in [0.15, 0.2) is 5.69 Å². The number of nitrogens with two attached hydrogens (primary N) is 1. The summed E-state index contributed by atoms with van der Waals surface area (Å²) in [5, 5.41) is 6.75. The van der Waals surface area contributed by atoms with Crippen LogP contribution in [0.1, 0.15) is 33.0 Å². The number of carbonyl (C=O) groups excluding carboxylic acids is 3. The van der Waals surface area contributed by atoms with Gasteiger partial charge in [-0.1, -0.05) is 0 Å². The molecule has 0 bridgehead atoms. The highest BCUT2D eigenvalue weighted by Crippen LogP contribution is 2.30. The van der Waals surface area contributed by atoms with E-state index >= 15 is 0 Å². The van der Waals surface area contributed by atoms with Crippen LogP contribution >= 0.6 is 0 Å². The van der Waals surface area contributed by atoms with Crippen molar-refractivity contribution in [1.82, 2.24) is 15.1 Å². The fourth-order valence-electron chi connectivity index (χ4n) is 3.92. The molecule has 0 fully saturated rings. The smallest absolute Gasteiger partial charge is 0.406 e. The number of ether oxygens (including phenoxy) is 3. The first-order valence-electron chi connectivity index (χ1n) is 11.4. The number of fused-ring (bicyclic) bond motifs is 1. The van der Waals surface area contributed by atoms with Gasteiger partial charge in [-0.2, -0.15) is 5.10 Å². The largest absolute Gasteiger partial charge is 0.497 e. The fourth-order valence-corrected chi connectivity index (χ4v) is 3.92. The van der Waals surface area contributed by atoms with Crippen molar-refractivity contribution in [3.05, 3.63) is 65.5 Å². The van der Waals surface area contributed by atoms with Crippen LogP contribution in [-0.4, -0.2) is 61.6 Å². The highest BCUT2D eigenvalue weighted by Gasteiger charge is 2.34. The summed E-state index contributed by atoms with van der Waals surface area (Å²) in [4.78, 5) is 38.3. The standard InChI is InChI=1S/C25H27N5O6/c1-27-25(33)36-15-3-14-35-19-10-4-16(5-11-19)29-13-12-20-21(23(26)31)28-30(22(20)24(29)32)17-6-8-18(34-2)9-7-17/h4-11H,3,12-15H2,1-2H3,(H2,26,31)(H,27,33). The predicted octanol–water partition coefficient (Wildman–Crippen LogP) is 2.31. The molecule has 11 heteroatoms. The number of hydrogen-bond donors (Lipinski definition) is 2. The number of anilines is 1. The summed E-state index contributed by atoms with van der Waals surface area (Å²) in [7, 11) is 3.06.